The first-order chi connectivity index (χ1) is 7.83. The van der Waals surface area contributed by atoms with Gasteiger partial charge < -0.3 is 10.6 Å². The van der Waals surface area contributed by atoms with Crippen LogP contribution in [0.3, 0.4) is 0 Å². The average molecular weight is 216 g/mol. The van der Waals surface area contributed by atoms with Gasteiger partial charge in [0.25, 0.3) is 0 Å². The first kappa shape index (κ1) is 10.2. The molecular formula is C14H20N2. The van der Waals surface area contributed by atoms with Crippen molar-refractivity contribution in [3.8, 4) is 0 Å². The van der Waals surface area contributed by atoms with Crippen molar-refractivity contribution in [1.82, 2.24) is 5.32 Å². The monoisotopic (exact) mass is 216 g/mol. The van der Waals surface area contributed by atoms with Crippen molar-refractivity contribution in [2.45, 2.75) is 44.7 Å². The Labute approximate surface area is 97.4 Å². The number of fused-ring (bicyclic) bond motifs is 1. The highest BCUT2D eigenvalue weighted by molar-refractivity contribution is 5.59. The highest BCUT2D eigenvalue weighted by atomic mass is 15.0. The van der Waals surface area contributed by atoms with E-state index in [4.69, 9.17) is 0 Å². The number of para-hydroxylation sites is 1. The maximum Gasteiger partial charge on any atom is 0.0403 e. The third-order valence-electron chi connectivity index (χ3n) is 3.93. The Morgan fingerprint density at radius 2 is 2.12 bits per heavy atom. The minimum absolute atomic E-state index is 0.625. The van der Waals surface area contributed by atoms with E-state index >= 15 is 0 Å². The molecule has 2 nitrogen and oxygen atoms in total. The number of aryl methyl sites for hydroxylation is 1. The quantitative estimate of drug-likeness (QED) is 0.793. The molecule has 1 atom stereocenters. The third kappa shape index (κ3) is 1.82. The second kappa shape index (κ2) is 4.10. The zero-order valence-electron chi connectivity index (χ0n) is 9.92. The Bertz CT molecular complexity index is 382. The van der Waals surface area contributed by atoms with Crippen LogP contribution < -0.4 is 10.6 Å². The van der Waals surface area contributed by atoms with Crippen LogP contribution in [0.5, 0.6) is 0 Å². The molecule has 1 aliphatic heterocycles. The molecular weight excluding hydrogens is 196 g/mol. The van der Waals surface area contributed by atoms with Gasteiger partial charge in [0.05, 0.1) is 0 Å². The van der Waals surface area contributed by atoms with Crippen LogP contribution in [0.15, 0.2) is 18.2 Å². The molecule has 1 unspecified atom stereocenters. The Kier molecular flexibility index (Phi) is 2.60. The van der Waals surface area contributed by atoms with Gasteiger partial charge in [-0.2, -0.15) is 0 Å². The standard InChI is InChI=1S/C14H20N2/c1-10-4-2-5-11-8-13(9-15-14(10)11)16-12-6-3-7-12/h2,4-5,12-13,15-16H,3,6-9H2,1H3. The second-order valence-corrected chi connectivity index (χ2v) is 5.19. The Hall–Kier alpha value is -1.02. The molecule has 1 saturated carbocycles. The van der Waals surface area contributed by atoms with E-state index in [9.17, 15) is 0 Å². The largest absolute Gasteiger partial charge is 0.383 e. The molecule has 0 amide bonds. The molecule has 1 fully saturated rings. The minimum atomic E-state index is 0.625. The smallest absolute Gasteiger partial charge is 0.0403 e. The van der Waals surface area contributed by atoms with Gasteiger partial charge in [-0.1, -0.05) is 24.6 Å². The van der Waals surface area contributed by atoms with Gasteiger partial charge in [-0.25, -0.2) is 0 Å². The maximum absolute atomic E-state index is 3.75. The molecule has 2 heteroatoms. The summed E-state index contributed by atoms with van der Waals surface area (Å²) in [6.45, 7) is 3.26. The van der Waals surface area contributed by atoms with Gasteiger partial charge in [-0.3, -0.25) is 0 Å². The fourth-order valence-corrected chi connectivity index (χ4v) is 2.74. The Morgan fingerprint density at radius 1 is 1.25 bits per heavy atom. The van der Waals surface area contributed by atoms with Crippen LogP contribution in [-0.2, 0) is 6.42 Å². The molecule has 1 aliphatic carbocycles. The summed E-state index contributed by atoms with van der Waals surface area (Å²) < 4.78 is 0. The van der Waals surface area contributed by atoms with Crippen molar-refractivity contribution in [3.05, 3.63) is 29.3 Å². The maximum atomic E-state index is 3.75. The topological polar surface area (TPSA) is 24.1 Å². The fourth-order valence-electron chi connectivity index (χ4n) is 2.74. The van der Waals surface area contributed by atoms with E-state index in [0.29, 0.717) is 6.04 Å². The molecule has 3 rings (SSSR count). The van der Waals surface area contributed by atoms with E-state index in [1.165, 1.54) is 42.5 Å². The van der Waals surface area contributed by atoms with E-state index in [0.717, 1.165) is 12.6 Å². The minimum Gasteiger partial charge on any atom is -0.383 e. The molecule has 0 saturated heterocycles. The van der Waals surface area contributed by atoms with Crippen LogP contribution in [0.2, 0.25) is 0 Å². The molecule has 1 aromatic rings. The molecule has 0 radical (unpaired) electrons. The molecule has 86 valence electrons. The van der Waals surface area contributed by atoms with Crippen molar-refractivity contribution in [3.63, 3.8) is 0 Å². The van der Waals surface area contributed by atoms with Crippen LogP contribution in [0.4, 0.5) is 5.69 Å². The molecule has 0 bridgehead atoms. The van der Waals surface area contributed by atoms with Crippen molar-refractivity contribution in [2.24, 2.45) is 0 Å². The van der Waals surface area contributed by atoms with Crippen LogP contribution >= 0.6 is 0 Å². The highest BCUT2D eigenvalue weighted by Gasteiger charge is 2.24. The molecule has 2 aliphatic rings. The fraction of sp³-hybridized carbons (Fsp3) is 0.571. The Balaban J connectivity index is 1.70. The number of nitrogens with one attached hydrogen (secondary N) is 2. The summed E-state index contributed by atoms with van der Waals surface area (Å²) in [7, 11) is 0. The summed E-state index contributed by atoms with van der Waals surface area (Å²) in [6, 6.07) is 8.02. The summed E-state index contributed by atoms with van der Waals surface area (Å²) in [5.41, 5.74) is 4.22. The van der Waals surface area contributed by atoms with Gasteiger partial charge in [0, 0.05) is 24.3 Å². The lowest BCUT2D eigenvalue weighted by molar-refractivity contribution is 0.304. The molecule has 16 heavy (non-hydrogen) atoms. The predicted molar refractivity (Wildman–Crippen MR) is 67.9 cm³/mol. The van der Waals surface area contributed by atoms with Gasteiger partial charge >= 0.3 is 0 Å². The van der Waals surface area contributed by atoms with Crippen molar-refractivity contribution in [2.75, 3.05) is 11.9 Å². The molecule has 2 N–H and O–H groups in total. The first-order valence-corrected chi connectivity index (χ1v) is 6.41. The average Bonchev–Trinajstić information content (AvgIpc) is 2.24. The number of benzene rings is 1. The normalized spacial score (nSPS) is 24.4. The lowest BCUT2D eigenvalue weighted by Gasteiger charge is -2.35. The van der Waals surface area contributed by atoms with Crippen molar-refractivity contribution >= 4 is 5.69 Å². The van der Waals surface area contributed by atoms with E-state index in [-0.39, 0.29) is 0 Å². The van der Waals surface area contributed by atoms with E-state index in [2.05, 4.69) is 35.8 Å². The van der Waals surface area contributed by atoms with Gasteiger partial charge in [0.2, 0.25) is 0 Å². The van der Waals surface area contributed by atoms with Crippen LogP contribution in [0.1, 0.15) is 30.4 Å². The van der Waals surface area contributed by atoms with Gasteiger partial charge in [-0.05, 0) is 37.3 Å². The van der Waals surface area contributed by atoms with Crippen LogP contribution in [0, 0.1) is 6.92 Å². The Morgan fingerprint density at radius 3 is 2.88 bits per heavy atom. The number of hydrogen-bond donors (Lipinski definition) is 2. The number of anilines is 1. The lowest BCUT2D eigenvalue weighted by Crippen LogP contribution is -2.48. The molecule has 0 aromatic heterocycles. The first-order valence-electron chi connectivity index (χ1n) is 6.41. The third-order valence-corrected chi connectivity index (χ3v) is 3.93. The molecule has 1 heterocycles. The number of rotatable bonds is 2. The lowest BCUT2D eigenvalue weighted by atomic mass is 9.90. The van der Waals surface area contributed by atoms with Gasteiger partial charge in [-0.15, -0.1) is 0 Å². The molecule has 0 spiro atoms. The van der Waals surface area contributed by atoms with Crippen LogP contribution in [-0.4, -0.2) is 18.6 Å². The van der Waals surface area contributed by atoms with Gasteiger partial charge in [0.1, 0.15) is 0 Å². The number of hydrogen-bond acceptors (Lipinski definition) is 2. The SMILES string of the molecule is Cc1cccc2c1NCC(NC1CCC1)C2. The van der Waals surface area contributed by atoms with Crippen molar-refractivity contribution < 1.29 is 0 Å². The molecule has 1 aromatic carbocycles. The van der Waals surface area contributed by atoms with E-state index in [1.54, 1.807) is 0 Å². The summed E-state index contributed by atoms with van der Waals surface area (Å²) in [4.78, 5) is 0. The highest BCUT2D eigenvalue weighted by Crippen LogP contribution is 2.27. The summed E-state index contributed by atoms with van der Waals surface area (Å²) >= 11 is 0. The van der Waals surface area contributed by atoms with Gasteiger partial charge in [0.15, 0.2) is 0 Å². The zero-order valence-corrected chi connectivity index (χ0v) is 9.92. The second-order valence-electron chi connectivity index (χ2n) is 5.19. The summed E-state index contributed by atoms with van der Waals surface area (Å²) in [6.07, 6.45) is 5.34. The summed E-state index contributed by atoms with van der Waals surface area (Å²) in [5.74, 6) is 0. The predicted octanol–water partition coefficient (Wildman–Crippen LogP) is 2.47. The van der Waals surface area contributed by atoms with Crippen molar-refractivity contribution in [1.29, 1.82) is 0 Å². The van der Waals surface area contributed by atoms with E-state index < -0.39 is 0 Å². The zero-order chi connectivity index (χ0) is 11.0. The van der Waals surface area contributed by atoms with E-state index in [1.807, 2.05) is 0 Å². The van der Waals surface area contributed by atoms with Crippen LogP contribution in [0.25, 0.3) is 0 Å². The summed E-state index contributed by atoms with van der Waals surface area (Å²) in [5, 5.41) is 7.33.